The third kappa shape index (κ3) is 2.77. The molecule has 1 aliphatic heterocycles. The van der Waals surface area contributed by atoms with Gasteiger partial charge in [-0.1, -0.05) is 18.0 Å². The van der Waals surface area contributed by atoms with Gasteiger partial charge in [-0.25, -0.2) is 0 Å². The first-order valence-corrected chi connectivity index (χ1v) is 7.92. The van der Waals surface area contributed by atoms with Gasteiger partial charge in [0, 0.05) is 18.8 Å². The fourth-order valence-corrected chi connectivity index (χ4v) is 3.12. The Bertz CT molecular complexity index is 618. The Hall–Kier alpha value is -2.11. The standard InChI is InChI=1S/C16H22N4O2/c1-12(2)19-10-6-8-14(19)16(21)20-9-5-3-4-7-13(20)15-17-11-22-18-15/h6,8,10-13H,3-5,7,9H2,1-2H3/t13-/m0/s1. The number of hydrogen-bond donors (Lipinski definition) is 0. The van der Waals surface area contributed by atoms with Crippen LogP contribution >= 0.6 is 0 Å². The highest BCUT2D eigenvalue weighted by Gasteiger charge is 2.31. The number of hydrogen-bond acceptors (Lipinski definition) is 4. The maximum Gasteiger partial charge on any atom is 0.271 e. The molecule has 0 aromatic carbocycles. The zero-order valence-electron chi connectivity index (χ0n) is 13.1. The maximum absolute atomic E-state index is 13.1. The zero-order chi connectivity index (χ0) is 15.5. The van der Waals surface area contributed by atoms with Gasteiger partial charge >= 0.3 is 0 Å². The van der Waals surface area contributed by atoms with E-state index >= 15 is 0 Å². The second-order valence-electron chi connectivity index (χ2n) is 6.05. The van der Waals surface area contributed by atoms with E-state index in [2.05, 4.69) is 24.0 Å². The minimum Gasteiger partial charge on any atom is -0.343 e. The van der Waals surface area contributed by atoms with Gasteiger partial charge < -0.3 is 14.0 Å². The molecule has 3 rings (SSSR count). The summed E-state index contributed by atoms with van der Waals surface area (Å²) in [6.45, 7) is 4.90. The molecule has 0 saturated carbocycles. The third-order valence-electron chi connectivity index (χ3n) is 4.24. The number of amides is 1. The van der Waals surface area contributed by atoms with Gasteiger partial charge in [-0.05, 0) is 38.8 Å². The van der Waals surface area contributed by atoms with Crippen molar-refractivity contribution in [3.8, 4) is 0 Å². The van der Waals surface area contributed by atoms with Crippen LogP contribution in [0.15, 0.2) is 29.2 Å². The molecule has 6 heteroatoms. The number of rotatable bonds is 3. The predicted octanol–water partition coefficient (Wildman–Crippen LogP) is 3.21. The van der Waals surface area contributed by atoms with Crippen molar-refractivity contribution in [1.82, 2.24) is 19.6 Å². The Kier molecular flexibility index (Phi) is 4.27. The molecule has 0 N–H and O–H groups in total. The molecular weight excluding hydrogens is 280 g/mol. The minimum atomic E-state index is -0.0933. The highest BCUT2D eigenvalue weighted by Crippen LogP contribution is 2.29. The molecule has 0 unspecified atom stereocenters. The van der Waals surface area contributed by atoms with Crippen LogP contribution < -0.4 is 0 Å². The highest BCUT2D eigenvalue weighted by molar-refractivity contribution is 5.93. The smallest absolute Gasteiger partial charge is 0.271 e. The molecule has 1 amide bonds. The lowest BCUT2D eigenvalue weighted by Gasteiger charge is -2.28. The summed E-state index contributed by atoms with van der Waals surface area (Å²) in [5.41, 5.74) is 0.727. The topological polar surface area (TPSA) is 64.2 Å². The monoisotopic (exact) mass is 302 g/mol. The van der Waals surface area contributed by atoms with E-state index in [1.165, 1.54) is 6.39 Å². The van der Waals surface area contributed by atoms with E-state index in [-0.39, 0.29) is 18.0 Å². The van der Waals surface area contributed by atoms with Gasteiger partial charge in [0.25, 0.3) is 5.91 Å². The van der Waals surface area contributed by atoms with Crippen LogP contribution in [0.25, 0.3) is 0 Å². The Labute approximate surface area is 130 Å². The molecule has 1 atom stereocenters. The van der Waals surface area contributed by atoms with Crippen molar-refractivity contribution >= 4 is 5.91 Å². The molecule has 1 fully saturated rings. The first kappa shape index (κ1) is 14.8. The van der Waals surface area contributed by atoms with E-state index in [4.69, 9.17) is 4.52 Å². The van der Waals surface area contributed by atoms with Gasteiger partial charge in [-0.2, -0.15) is 4.98 Å². The lowest BCUT2D eigenvalue weighted by atomic mass is 10.1. The van der Waals surface area contributed by atoms with Crippen LogP contribution in [0.5, 0.6) is 0 Å². The van der Waals surface area contributed by atoms with Gasteiger partial charge in [-0.15, -0.1) is 0 Å². The van der Waals surface area contributed by atoms with Crippen LogP contribution in [0.1, 0.15) is 67.9 Å². The van der Waals surface area contributed by atoms with Crippen molar-refractivity contribution in [3.63, 3.8) is 0 Å². The molecule has 3 heterocycles. The van der Waals surface area contributed by atoms with E-state index in [1.807, 2.05) is 27.8 Å². The third-order valence-corrected chi connectivity index (χ3v) is 4.24. The summed E-state index contributed by atoms with van der Waals surface area (Å²) in [4.78, 5) is 19.1. The quantitative estimate of drug-likeness (QED) is 0.873. The van der Waals surface area contributed by atoms with Crippen LogP contribution in [-0.2, 0) is 0 Å². The fraction of sp³-hybridized carbons (Fsp3) is 0.562. The summed E-state index contributed by atoms with van der Waals surface area (Å²) in [6, 6.07) is 3.98. The average Bonchev–Trinajstić information content (AvgIpc) is 3.14. The predicted molar refractivity (Wildman–Crippen MR) is 81.4 cm³/mol. The minimum absolute atomic E-state index is 0.0513. The van der Waals surface area contributed by atoms with Crippen molar-refractivity contribution in [3.05, 3.63) is 36.2 Å². The van der Waals surface area contributed by atoms with Crippen molar-refractivity contribution in [2.45, 2.75) is 51.6 Å². The molecule has 1 saturated heterocycles. The van der Waals surface area contributed by atoms with Gasteiger partial charge in [0.15, 0.2) is 5.82 Å². The second-order valence-corrected chi connectivity index (χ2v) is 6.05. The molecule has 2 aromatic rings. The van der Waals surface area contributed by atoms with E-state index < -0.39 is 0 Å². The average molecular weight is 302 g/mol. The van der Waals surface area contributed by atoms with Crippen molar-refractivity contribution in [1.29, 1.82) is 0 Å². The Morgan fingerprint density at radius 1 is 1.36 bits per heavy atom. The molecule has 0 aliphatic carbocycles. The normalized spacial score (nSPS) is 19.4. The van der Waals surface area contributed by atoms with E-state index in [0.29, 0.717) is 5.82 Å². The number of likely N-dealkylation sites (tertiary alicyclic amines) is 1. The molecule has 2 aromatic heterocycles. The molecule has 0 radical (unpaired) electrons. The lowest BCUT2D eigenvalue weighted by Crippen LogP contribution is -2.36. The number of nitrogens with zero attached hydrogens (tertiary/aromatic N) is 4. The zero-order valence-corrected chi connectivity index (χ0v) is 13.1. The Morgan fingerprint density at radius 2 is 2.23 bits per heavy atom. The fourth-order valence-electron chi connectivity index (χ4n) is 3.12. The molecule has 22 heavy (non-hydrogen) atoms. The molecule has 118 valence electrons. The van der Waals surface area contributed by atoms with Crippen LogP contribution in [0.2, 0.25) is 0 Å². The number of aromatic nitrogens is 3. The van der Waals surface area contributed by atoms with Crippen LogP contribution in [0.4, 0.5) is 0 Å². The van der Waals surface area contributed by atoms with Gasteiger partial charge in [0.2, 0.25) is 6.39 Å². The summed E-state index contributed by atoms with van der Waals surface area (Å²) < 4.78 is 6.90. The Balaban J connectivity index is 1.92. The van der Waals surface area contributed by atoms with E-state index in [0.717, 1.165) is 37.9 Å². The molecular formula is C16H22N4O2. The van der Waals surface area contributed by atoms with Gasteiger partial charge in [0.1, 0.15) is 5.69 Å². The highest BCUT2D eigenvalue weighted by atomic mass is 16.5. The van der Waals surface area contributed by atoms with Crippen molar-refractivity contribution < 1.29 is 9.32 Å². The second kappa shape index (κ2) is 6.34. The van der Waals surface area contributed by atoms with Crippen LogP contribution in [-0.4, -0.2) is 32.1 Å². The summed E-state index contributed by atoms with van der Waals surface area (Å²) in [6.07, 6.45) is 7.40. The largest absolute Gasteiger partial charge is 0.343 e. The first-order valence-electron chi connectivity index (χ1n) is 7.92. The summed E-state index contributed by atoms with van der Waals surface area (Å²) >= 11 is 0. The van der Waals surface area contributed by atoms with Gasteiger partial charge in [-0.3, -0.25) is 4.79 Å². The lowest BCUT2D eigenvalue weighted by molar-refractivity contribution is 0.0657. The molecule has 0 bridgehead atoms. The SMILES string of the molecule is CC(C)n1cccc1C(=O)N1CCCCC[C@H]1c1ncon1. The Morgan fingerprint density at radius 3 is 2.95 bits per heavy atom. The summed E-state index contributed by atoms with van der Waals surface area (Å²) in [7, 11) is 0. The van der Waals surface area contributed by atoms with Crippen LogP contribution in [0.3, 0.4) is 0 Å². The summed E-state index contributed by atoms with van der Waals surface area (Å²) in [5, 5.41) is 3.97. The van der Waals surface area contributed by atoms with Crippen molar-refractivity contribution in [2.24, 2.45) is 0 Å². The maximum atomic E-state index is 13.1. The number of carbonyl (C=O) groups is 1. The van der Waals surface area contributed by atoms with Crippen LogP contribution in [0, 0.1) is 0 Å². The first-order chi connectivity index (χ1) is 10.7. The van der Waals surface area contributed by atoms with E-state index in [1.54, 1.807) is 0 Å². The molecule has 1 aliphatic rings. The van der Waals surface area contributed by atoms with E-state index in [9.17, 15) is 4.79 Å². The molecule has 6 nitrogen and oxygen atoms in total. The number of carbonyl (C=O) groups excluding carboxylic acids is 1. The van der Waals surface area contributed by atoms with Crippen molar-refractivity contribution in [2.75, 3.05) is 6.54 Å². The summed E-state index contributed by atoms with van der Waals surface area (Å²) in [5.74, 6) is 0.660. The molecule has 0 spiro atoms. The van der Waals surface area contributed by atoms with Gasteiger partial charge in [0.05, 0.1) is 6.04 Å².